The van der Waals surface area contributed by atoms with Gasteiger partial charge >= 0.3 is 0 Å². The van der Waals surface area contributed by atoms with E-state index in [4.69, 9.17) is 16.7 Å². The lowest BCUT2D eigenvalue weighted by atomic mass is 9.91. The lowest BCUT2D eigenvalue weighted by Gasteiger charge is -2.35. The van der Waals surface area contributed by atoms with Crippen LogP contribution in [0.25, 0.3) is 0 Å². The smallest absolute Gasteiger partial charge is 0.244 e. The van der Waals surface area contributed by atoms with Crippen molar-refractivity contribution in [1.82, 2.24) is 4.72 Å². The molecule has 4 atom stereocenters. The van der Waals surface area contributed by atoms with Gasteiger partial charge in [-0.2, -0.15) is 4.72 Å². The van der Waals surface area contributed by atoms with Crippen LogP contribution in [0.1, 0.15) is 12.8 Å². The molecular weight excluding hydrogens is 374 g/mol. The molecule has 2 aliphatic carbocycles. The monoisotopic (exact) mass is 389 g/mol. The summed E-state index contributed by atoms with van der Waals surface area (Å²) < 4.78 is 50.9. The summed E-state index contributed by atoms with van der Waals surface area (Å²) in [5.41, 5.74) is 0.294. The molecule has 1 aliphatic heterocycles. The average molecular weight is 390 g/mol. The molecule has 24 heavy (non-hydrogen) atoms. The molecule has 0 spiro atoms. The summed E-state index contributed by atoms with van der Waals surface area (Å²) >= 11 is 5.98. The van der Waals surface area contributed by atoms with E-state index in [9.17, 15) is 16.8 Å². The second-order valence-electron chi connectivity index (χ2n) is 6.51. The predicted octanol–water partition coefficient (Wildman–Crippen LogP) is 1.23. The molecule has 0 aromatic heterocycles. The van der Waals surface area contributed by atoms with Crippen molar-refractivity contribution >= 4 is 37.3 Å². The highest BCUT2D eigenvalue weighted by atomic mass is 35.5. The van der Waals surface area contributed by atoms with Crippen LogP contribution in [0.3, 0.4) is 0 Å². The largest absolute Gasteiger partial charge is 0.368 e. The van der Waals surface area contributed by atoms with Gasteiger partial charge in [0.2, 0.25) is 20.0 Å². The van der Waals surface area contributed by atoms with Gasteiger partial charge in [0.25, 0.3) is 0 Å². The Hall–Kier alpha value is -1.13. The number of halogens is 1. The Morgan fingerprint density at radius 2 is 1.96 bits per heavy atom. The maximum Gasteiger partial charge on any atom is 0.244 e. The summed E-state index contributed by atoms with van der Waals surface area (Å²) in [5.74, 6) is 0.997. The molecule has 1 fully saturated rings. The lowest BCUT2D eigenvalue weighted by molar-refractivity contribution is 0.363. The highest BCUT2D eigenvalue weighted by Gasteiger charge is 2.44. The van der Waals surface area contributed by atoms with Gasteiger partial charge in [-0.1, -0.05) is 23.8 Å². The topological polar surface area (TPSA) is 118 Å². The number of fused-ring (bicyclic) bond motifs is 3. The predicted molar refractivity (Wildman–Crippen MR) is 89.4 cm³/mol. The van der Waals surface area contributed by atoms with E-state index in [0.717, 1.165) is 18.9 Å². The van der Waals surface area contributed by atoms with Gasteiger partial charge in [0, 0.05) is 5.92 Å². The fourth-order valence-corrected chi connectivity index (χ4v) is 6.47. The first-order valence-electron chi connectivity index (χ1n) is 7.49. The first kappa shape index (κ1) is 16.3. The minimum atomic E-state index is -4.11. The van der Waals surface area contributed by atoms with Gasteiger partial charge in [0.05, 0.1) is 16.9 Å². The van der Waals surface area contributed by atoms with E-state index >= 15 is 0 Å². The number of primary sulfonamides is 1. The van der Waals surface area contributed by atoms with Crippen molar-refractivity contribution < 1.29 is 16.8 Å². The number of benzene rings is 1. The molecule has 10 heteroatoms. The maximum absolute atomic E-state index is 12.6. The zero-order valence-electron chi connectivity index (χ0n) is 12.4. The second-order valence-corrected chi connectivity index (χ2v) is 10.1. The molecule has 1 heterocycles. The molecule has 0 amide bonds. The first-order chi connectivity index (χ1) is 11.1. The zero-order valence-corrected chi connectivity index (χ0v) is 14.8. The third-order valence-electron chi connectivity index (χ3n) is 4.98. The summed E-state index contributed by atoms with van der Waals surface area (Å²) in [6.45, 7) is 0. The van der Waals surface area contributed by atoms with E-state index in [1.165, 1.54) is 6.07 Å². The second kappa shape index (κ2) is 5.18. The van der Waals surface area contributed by atoms with Gasteiger partial charge in [-0.3, -0.25) is 0 Å². The van der Waals surface area contributed by atoms with E-state index in [-0.39, 0.29) is 15.8 Å². The van der Waals surface area contributed by atoms with E-state index in [1.54, 1.807) is 0 Å². The van der Waals surface area contributed by atoms with Crippen LogP contribution in [0, 0.1) is 17.8 Å². The molecule has 0 saturated heterocycles. The fourth-order valence-electron chi connectivity index (χ4n) is 3.92. The Bertz CT molecular complexity index is 958. The molecule has 1 saturated carbocycles. The molecule has 3 aliphatic rings. The normalized spacial score (nSPS) is 33.2. The Morgan fingerprint density at radius 1 is 1.21 bits per heavy atom. The molecular formula is C14H16ClN3O4S2. The molecule has 2 bridgehead atoms. The van der Waals surface area contributed by atoms with Gasteiger partial charge < -0.3 is 5.32 Å². The van der Waals surface area contributed by atoms with Crippen LogP contribution in [0.15, 0.2) is 34.1 Å². The van der Waals surface area contributed by atoms with Crippen LogP contribution < -0.4 is 15.2 Å². The Morgan fingerprint density at radius 3 is 2.54 bits per heavy atom. The number of hydrogen-bond acceptors (Lipinski definition) is 5. The first-order valence-corrected chi connectivity index (χ1v) is 10.9. The molecule has 0 unspecified atom stereocenters. The molecule has 130 valence electrons. The standard InChI is InChI=1S/C14H16ClN3O4S2/c15-10-5-11-13(6-12(10)23(16,19)20)24(21,22)18-14(17-11)9-4-7-1-2-8(9)3-7/h1-2,5-9,14,17-18H,3-4H2,(H2,16,19,20)/t7-,8+,9-,14+/m0/s1. The van der Waals surface area contributed by atoms with Crippen LogP contribution in [-0.4, -0.2) is 23.0 Å². The highest BCUT2D eigenvalue weighted by molar-refractivity contribution is 7.90. The van der Waals surface area contributed by atoms with Crippen molar-refractivity contribution in [2.45, 2.75) is 28.8 Å². The highest BCUT2D eigenvalue weighted by Crippen LogP contribution is 2.46. The summed E-state index contributed by atoms with van der Waals surface area (Å²) in [6, 6.07) is 2.31. The van der Waals surface area contributed by atoms with Crippen LogP contribution in [0.4, 0.5) is 5.69 Å². The molecule has 0 radical (unpaired) electrons. The Kier molecular flexibility index (Phi) is 3.53. The van der Waals surface area contributed by atoms with Crippen LogP contribution >= 0.6 is 11.6 Å². The van der Waals surface area contributed by atoms with Gasteiger partial charge in [0.1, 0.15) is 9.79 Å². The summed E-state index contributed by atoms with van der Waals surface area (Å²) in [5, 5.41) is 8.14. The van der Waals surface area contributed by atoms with E-state index in [0.29, 0.717) is 17.5 Å². The molecule has 7 nitrogen and oxygen atoms in total. The quantitative estimate of drug-likeness (QED) is 0.657. The molecule has 4 N–H and O–H groups in total. The number of sulfonamides is 2. The zero-order chi connectivity index (χ0) is 17.3. The van der Waals surface area contributed by atoms with Gasteiger partial charge in [-0.25, -0.2) is 22.0 Å². The van der Waals surface area contributed by atoms with Crippen LogP contribution in [0.2, 0.25) is 5.02 Å². The van der Waals surface area contributed by atoms with Gasteiger partial charge in [-0.15, -0.1) is 0 Å². The SMILES string of the molecule is NS(=O)(=O)c1cc2c(cc1Cl)N[C@@H]([C@H]1C[C@H]3C=C[C@@H]1C3)NS2(=O)=O. The van der Waals surface area contributed by atoms with E-state index in [1.807, 2.05) is 0 Å². The Labute approximate surface area is 145 Å². The van der Waals surface area contributed by atoms with Crippen molar-refractivity contribution in [3.05, 3.63) is 29.3 Å². The third kappa shape index (κ3) is 2.55. The van der Waals surface area contributed by atoms with Crippen molar-refractivity contribution in [2.75, 3.05) is 5.32 Å². The lowest BCUT2D eigenvalue weighted by Crippen LogP contribution is -2.50. The number of anilines is 1. The average Bonchev–Trinajstić information content (AvgIpc) is 3.06. The minimum absolute atomic E-state index is 0.104. The summed E-state index contributed by atoms with van der Waals surface area (Å²) in [6.07, 6.45) is 5.84. The molecule has 1 aromatic rings. The number of allylic oxidation sites excluding steroid dienone is 2. The van der Waals surface area contributed by atoms with Gasteiger partial charge in [0.15, 0.2) is 0 Å². The number of nitrogens with one attached hydrogen (secondary N) is 2. The van der Waals surface area contributed by atoms with Crippen molar-refractivity contribution in [3.63, 3.8) is 0 Å². The maximum atomic E-state index is 12.6. The van der Waals surface area contributed by atoms with E-state index < -0.39 is 31.1 Å². The van der Waals surface area contributed by atoms with E-state index in [2.05, 4.69) is 22.2 Å². The minimum Gasteiger partial charge on any atom is -0.368 e. The molecule has 1 aromatic carbocycles. The number of rotatable bonds is 2. The number of hydrogen-bond donors (Lipinski definition) is 3. The van der Waals surface area contributed by atoms with Crippen molar-refractivity contribution in [3.8, 4) is 0 Å². The van der Waals surface area contributed by atoms with Crippen molar-refractivity contribution in [1.29, 1.82) is 0 Å². The van der Waals surface area contributed by atoms with Crippen LogP contribution in [-0.2, 0) is 20.0 Å². The van der Waals surface area contributed by atoms with Gasteiger partial charge in [-0.05, 0) is 36.8 Å². The molecule has 4 rings (SSSR count). The van der Waals surface area contributed by atoms with Crippen LogP contribution in [0.5, 0.6) is 0 Å². The summed E-state index contributed by atoms with van der Waals surface area (Å²) in [7, 11) is -7.97. The summed E-state index contributed by atoms with van der Waals surface area (Å²) in [4.78, 5) is -0.567. The van der Waals surface area contributed by atoms with Crippen molar-refractivity contribution in [2.24, 2.45) is 22.9 Å². The fraction of sp³-hybridized carbons (Fsp3) is 0.429. The number of nitrogens with two attached hydrogens (primary N) is 1. The Balaban J connectivity index is 1.76. The third-order valence-corrected chi connectivity index (χ3v) is 7.84.